The molecule has 7 heterocycles. The molecule has 7 aliphatic rings. The van der Waals surface area contributed by atoms with Crippen molar-refractivity contribution < 1.29 is 63.5 Å². The van der Waals surface area contributed by atoms with Gasteiger partial charge in [0.05, 0.1) is 55.4 Å². The zero-order valence-electron chi connectivity index (χ0n) is 34.9. The van der Waals surface area contributed by atoms with E-state index in [0.29, 0.717) is 50.9 Å². The lowest BCUT2D eigenvalue weighted by Crippen LogP contribution is -2.62. The van der Waals surface area contributed by atoms with Crippen molar-refractivity contribution in [1.29, 1.82) is 0 Å². The first-order valence-corrected chi connectivity index (χ1v) is 22.0. The van der Waals surface area contributed by atoms with Gasteiger partial charge in [0.25, 0.3) is 0 Å². The zero-order chi connectivity index (χ0) is 40.9. The number of hydrogen-bond donors (Lipinski definition) is 5. The first-order chi connectivity index (χ1) is 26.9. The third-order valence-electron chi connectivity index (χ3n) is 14.4. The van der Waals surface area contributed by atoms with E-state index in [1.165, 1.54) is 6.92 Å². The number of rotatable bonds is 10. The second-order valence-electron chi connectivity index (χ2n) is 19.2. The predicted octanol–water partition coefficient (Wildman–Crippen LogP) is 5.29. The SMILES string of the molecule is CC1=CC2(OC(CC(C)(O)C(=O)O)CCC2O)OC(C(C)C=CC2CCC3(CCC4OC(C(O)CC(C)C5OC6(CCCCO6)CCC5C)C(C)C(O)C4O3)O2)C1. The molecule has 0 bridgehead atoms. The molecular formula is C44H70O13. The number of aliphatic carboxylic acids is 1. The van der Waals surface area contributed by atoms with Gasteiger partial charge in [-0.3, -0.25) is 0 Å². The summed E-state index contributed by atoms with van der Waals surface area (Å²) in [5.74, 6) is -4.02. The highest BCUT2D eigenvalue weighted by atomic mass is 16.7. The van der Waals surface area contributed by atoms with E-state index >= 15 is 0 Å². The average molecular weight is 807 g/mol. The van der Waals surface area contributed by atoms with E-state index in [2.05, 4.69) is 26.8 Å². The Bertz CT molecular complexity index is 1460. The molecule has 0 aromatic carbocycles. The highest BCUT2D eigenvalue weighted by molar-refractivity contribution is 5.76. The average Bonchev–Trinajstić information content (AvgIpc) is 3.56. The topological polar surface area (TPSA) is 183 Å². The van der Waals surface area contributed by atoms with Crippen molar-refractivity contribution in [3.63, 3.8) is 0 Å². The van der Waals surface area contributed by atoms with E-state index in [9.17, 15) is 30.3 Å². The summed E-state index contributed by atoms with van der Waals surface area (Å²) in [6.45, 7) is 12.3. The Morgan fingerprint density at radius 3 is 2.44 bits per heavy atom. The summed E-state index contributed by atoms with van der Waals surface area (Å²) in [6.07, 6.45) is 10.4. The number of aliphatic hydroxyl groups excluding tert-OH is 3. The fourth-order valence-corrected chi connectivity index (χ4v) is 10.8. The minimum atomic E-state index is -1.96. The maximum atomic E-state index is 11.6. The van der Waals surface area contributed by atoms with Gasteiger partial charge in [-0.25, -0.2) is 4.79 Å². The Morgan fingerprint density at radius 1 is 0.947 bits per heavy atom. The van der Waals surface area contributed by atoms with E-state index in [4.69, 9.17) is 33.2 Å². The van der Waals surface area contributed by atoms with Crippen molar-refractivity contribution in [3.05, 3.63) is 23.8 Å². The van der Waals surface area contributed by atoms with Crippen LogP contribution in [0.1, 0.15) is 131 Å². The van der Waals surface area contributed by atoms with Crippen molar-refractivity contribution in [1.82, 2.24) is 0 Å². The van der Waals surface area contributed by atoms with Crippen LogP contribution in [-0.2, 0) is 38.0 Å². The normalized spacial score (nSPS) is 46.7. The van der Waals surface area contributed by atoms with E-state index in [1.54, 1.807) is 6.08 Å². The van der Waals surface area contributed by atoms with E-state index in [-0.39, 0.29) is 48.6 Å². The molecule has 0 aromatic heterocycles. The first-order valence-electron chi connectivity index (χ1n) is 22.0. The van der Waals surface area contributed by atoms with Gasteiger partial charge in [0.1, 0.15) is 12.2 Å². The van der Waals surface area contributed by atoms with Gasteiger partial charge < -0.3 is 58.7 Å². The second-order valence-corrected chi connectivity index (χ2v) is 19.2. The third-order valence-corrected chi connectivity index (χ3v) is 14.4. The number of aliphatic hydroxyl groups is 4. The lowest BCUT2D eigenvalue weighted by atomic mass is 9.78. The van der Waals surface area contributed by atoms with Crippen LogP contribution in [0.5, 0.6) is 0 Å². The number of carboxylic acid groups (broad SMARTS) is 1. The van der Waals surface area contributed by atoms with Crippen molar-refractivity contribution in [2.75, 3.05) is 6.61 Å². The number of hydrogen-bond acceptors (Lipinski definition) is 12. The van der Waals surface area contributed by atoms with Gasteiger partial charge >= 0.3 is 5.97 Å². The molecule has 3 spiro atoms. The Hall–Kier alpha value is -1.49. The van der Waals surface area contributed by atoms with Crippen LogP contribution in [0.4, 0.5) is 0 Å². The lowest BCUT2D eigenvalue weighted by Gasteiger charge is -2.51. The van der Waals surface area contributed by atoms with Gasteiger partial charge in [-0.2, -0.15) is 0 Å². The van der Waals surface area contributed by atoms with Crippen LogP contribution < -0.4 is 0 Å². The molecule has 18 atom stereocenters. The molecule has 6 fully saturated rings. The number of carbonyl (C=O) groups is 1. The summed E-state index contributed by atoms with van der Waals surface area (Å²) in [5.41, 5.74) is -0.958. The van der Waals surface area contributed by atoms with E-state index in [0.717, 1.165) is 50.7 Å². The van der Waals surface area contributed by atoms with Crippen molar-refractivity contribution in [2.24, 2.45) is 23.7 Å². The van der Waals surface area contributed by atoms with Crippen LogP contribution in [0.2, 0.25) is 0 Å². The number of carboxylic acids is 1. The molecule has 13 heteroatoms. The number of ether oxygens (including phenoxy) is 7. The maximum Gasteiger partial charge on any atom is 0.335 e. The Balaban J connectivity index is 0.919. The summed E-state index contributed by atoms with van der Waals surface area (Å²) >= 11 is 0. The molecule has 0 aliphatic carbocycles. The van der Waals surface area contributed by atoms with Crippen molar-refractivity contribution in [3.8, 4) is 0 Å². The second kappa shape index (κ2) is 17.1. The Kier molecular flexibility index (Phi) is 13.1. The monoisotopic (exact) mass is 806 g/mol. The molecule has 7 rings (SSSR count). The molecule has 6 saturated heterocycles. The van der Waals surface area contributed by atoms with Crippen LogP contribution in [0, 0.1) is 23.7 Å². The van der Waals surface area contributed by atoms with Gasteiger partial charge in [0.2, 0.25) is 5.79 Å². The molecule has 13 nitrogen and oxygen atoms in total. The van der Waals surface area contributed by atoms with Crippen LogP contribution in [0.3, 0.4) is 0 Å². The molecule has 7 aliphatic heterocycles. The van der Waals surface area contributed by atoms with Crippen molar-refractivity contribution in [2.45, 2.75) is 215 Å². The largest absolute Gasteiger partial charge is 0.479 e. The fraction of sp³-hybridized carbons (Fsp3) is 0.886. The van der Waals surface area contributed by atoms with Crippen molar-refractivity contribution >= 4 is 5.97 Å². The minimum absolute atomic E-state index is 0.0127. The molecule has 0 amide bonds. The third kappa shape index (κ3) is 9.24. The zero-order valence-corrected chi connectivity index (χ0v) is 34.9. The molecule has 0 radical (unpaired) electrons. The Morgan fingerprint density at radius 2 is 1.70 bits per heavy atom. The van der Waals surface area contributed by atoms with Crippen LogP contribution in [-0.4, -0.2) is 122 Å². The minimum Gasteiger partial charge on any atom is -0.479 e. The molecule has 18 unspecified atom stereocenters. The van der Waals surface area contributed by atoms with E-state index in [1.807, 2.05) is 19.9 Å². The summed E-state index contributed by atoms with van der Waals surface area (Å²) < 4.78 is 45.5. The molecule has 0 aromatic rings. The molecule has 324 valence electrons. The smallest absolute Gasteiger partial charge is 0.335 e. The first kappa shape index (κ1) is 43.6. The van der Waals surface area contributed by atoms with E-state index < -0.39 is 65.6 Å². The van der Waals surface area contributed by atoms with Gasteiger partial charge in [0.15, 0.2) is 17.2 Å². The summed E-state index contributed by atoms with van der Waals surface area (Å²) in [6, 6.07) is 0. The van der Waals surface area contributed by atoms with Gasteiger partial charge in [-0.15, -0.1) is 0 Å². The number of fused-ring (bicyclic) bond motifs is 1. The Labute approximate surface area is 338 Å². The molecule has 0 saturated carbocycles. The molecule has 5 N–H and O–H groups in total. The standard InChI is InChI=1S/C44H70O13/c1-25-21-34(55-44(23-25)35(46)12-11-31(54-44)24-41(6,50)40(48)49)26(2)9-10-30-14-18-43(53-30)19-15-33-39(57-43)36(47)29(5)38(52-33)32(45)22-28(4)37-27(3)13-17-42(56-37)16-7-8-20-51-42/h9-10,23,26-39,45-47,50H,7-8,11-22,24H2,1-6H3,(H,48,49). The summed E-state index contributed by atoms with van der Waals surface area (Å²) in [4.78, 5) is 11.6. The predicted molar refractivity (Wildman–Crippen MR) is 208 cm³/mol. The van der Waals surface area contributed by atoms with Gasteiger partial charge in [-0.1, -0.05) is 45.4 Å². The van der Waals surface area contributed by atoms with Crippen LogP contribution >= 0.6 is 0 Å². The van der Waals surface area contributed by atoms with Crippen LogP contribution in [0.15, 0.2) is 23.8 Å². The molecule has 57 heavy (non-hydrogen) atoms. The molecular weight excluding hydrogens is 736 g/mol. The van der Waals surface area contributed by atoms with Gasteiger partial charge in [0, 0.05) is 43.9 Å². The summed E-state index contributed by atoms with van der Waals surface area (Å²) in [7, 11) is 0. The van der Waals surface area contributed by atoms with Gasteiger partial charge in [-0.05, 0) is 89.5 Å². The van der Waals surface area contributed by atoms with Crippen LogP contribution in [0.25, 0.3) is 0 Å². The fourth-order valence-electron chi connectivity index (χ4n) is 10.8. The maximum absolute atomic E-state index is 11.6. The highest BCUT2D eigenvalue weighted by Gasteiger charge is 2.55. The summed E-state index contributed by atoms with van der Waals surface area (Å²) in [5, 5.41) is 54.2. The lowest BCUT2D eigenvalue weighted by molar-refractivity contribution is -0.338. The quantitative estimate of drug-likeness (QED) is 0.180. The highest BCUT2D eigenvalue weighted by Crippen LogP contribution is 2.48.